The van der Waals surface area contributed by atoms with Crippen molar-refractivity contribution in [1.29, 1.82) is 0 Å². The zero-order chi connectivity index (χ0) is 15.8. The normalized spacial score (nSPS) is 22.1. The number of hydrogen-bond donors (Lipinski definition) is 2. The van der Waals surface area contributed by atoms with Gasteiger partial charge in [0.25, 0.3) is 10.0 Å². The second-order valence-electron chi connectivity index (χ2n) is 5.06. The molecule has 0 spiro atoms. The van der Waals surface area contributed by atoms with Crippen LogP contribution in [0, 0.1) is 16.0 Å². The van der Waals surface area contributed by atoms with E-state index in [0.29, 0.717) is 19.4 Å². The van der Waals surface area contributed by atoms with Crippen molar-refractivity contribution in [2.24, 2.45) is 5.92 Å². The van der Waals surface area contributed by atoms with Crippen molar-refractivity contribution < 1.29 is 18.4 Å². The first kappa shape index (κ1) is 16.1. The molecule has 8 nitrogen and oxygen atoms in total. The molecule has 0 unspecified atom stereocenters. The SMILES string of the molecule is CNc1sc(S(=O)(=O)N(C)CC2CC(O)C2)cc1[N+](=O)[O-]. The van der Waals surface area contributed by atoms with Gasteiger partial charge < -0.3 is 10.4 Å². The maximum Gasteiger partial charge on any atom is 0.304 e. The van der Waals surface area contributed by atoms with E-state index in [4.69, 9.17) is 0 Å². The average molecular weight is 335 g/mol. The molecule has 0 saturated heterocycles. The van der Waals surface area contributed by atoms with E-state index < -0.39 is 14.9 Å². The van der Waals surface area contributed by atoms with Crippen molar-refractivity contribution in [2.45, 2.75) is 23.2 Å². The van der Waals surface area contributed by atoms with Gasteiger partial charge in [-0.2, -0.15) is 4.31 Å². The number of rotatable bonds is 6. The molecular weight excluding hydrogens is 318 g/mol. The Morgan fingerprint density at radius 2 is 2.19 bits per heavy atom. The minimum atomic E-state index is -3.75. The molecule has 0 atom stereocenters. The topological polar surface area (TPSA) is 113 Å². The predicted octanol–water partition coefficient (Wildman–Crippen LogP) is 1.09. The molecule has 0 bridgehead atoms. The molecule has 1 aromatic rings. The highest BCUT2D eigenvalue weighted by molar-refractivity contribution is 7.91. The lowest BCUT2D eigenvalue weighted by atomic mass is 9.82. The fourth-order valence-corrected chi connectivity index (χ4v) is 5.01. The zero-order valence-corrected chi connectivity index (χ0v) is 13.3. The number of aliphatic hydroxyl groups excluding tert-OH is 1. The monoisotopic (exact) mass is 335 g/mol. The first-order valence-corrected chi connectivity index (χ1v) is 8.61. The molecule has 21 heavy (non-hydrogen) atoms. The lowest BCUT2D eigenvalue weighted by molar-refractivity contribution is -0.383. The lowest BCUT2D eigenvalue weighted by Crippen LogP contribution is -2.39. The van der Waals surface area contributed by atoms with Gasteiger partial charge >= 0.3 is 5.69 Å². The summed E-state index contributed by atoms with van der Waals surface area (Å²) < 4.78 is 26.0. The number of nitrogens with one attached hydrogen (secondary N) is 1. The van der Waals surface area contributed by atoms with Gasteiger partial charge in [-0.3, -0.25) is 10.1 Å². The Morgan fingerprint density at radius 3 is 2.62 bits per heavy atom. The Kier molecular flexibility index (Phi) is 4.51. The van der Waals surface area contributed by atoms with Crippen LogP contribution in [-0.2, 0) is 10.0 Å². The van der Waals surface area contributed by atoms with Gasteiger partial charge in [-0.25, -0.2) is 8.42 Å². The van der Waals surface area contributed by atoms with Crippen LogP contribution in [0.4, 0.5) is 10.7 Å². The van der Waals surface area contributed by atoms with E-state index >= 15 is 0 Å². The fraction of sp³-hybridized carbons (Fsp3) is 0.636. The molecule has 10 heteroatoms. The van der Waals surface area contributed by atoms with Crippen LogP contribution in [0.2, 0.25) is 0 Å². The van der Waals surface area contributed by atoms with Crippen molar-refractivity contribution in [1.82, 2.24) is 4.31 Å². The second kappa shape index (κ2) is 5.87. The summed E-state index contributed by atoms with van der Waals surface area (Å²) in [5.74, 6) is 0.137. The molecule has 1 heterocycles. The maximum absolute atomic E-state index is 12.4. The van der Waals surface area contributed by atoms with Gasteiger partial charge in [0.2, 0.25) is 0 Å². The van der Waals surface area contributed by atoms with Gasteiger partial charge in [0, 0.05) is 26.7 Å². The molecule has 0 aromatic carbocycles. The van der Waals surface area contributed by atoms with Crippen LogP contribution in [0.15, 0.2) is 10.3 Å². The minimum absolute atomic E-state index is 0.0547. The Morgan fingerprint density at radius 1 is 1.57 bits per heavy atom. The van der Waals surface area contributed by atoms with Crippen LogP contribution in [0.3, 0.4) is 0 Å². The summed E-state index contributed by atoms with van der Waals surface area (Å²) >= 11 is 0.845. The average Bonchev–Trinajstić information content (AvgIpc) is 2.81. The summed E-state index contributed by atoms with van der Waals surface area (Å²) in [6.45, 7) is 0.306. The summed E-state index contributed by atoms with van der Waals surface area (Å²) in [6, 6.07) is 1.08. The predicted molar refractivity (Wildman–Crippen MR) is 79.1 cm³/mol. The third-order valence-corrected chi connectivity index (χ3v) is 6.92. The number of sulfonamides is 1. The molecule has 1 aliphatic rings. The number of nitrogens with zero attached hydrogens (tertiary/aromatic N) is 2. The number of thiophene rings is 1. The molecule has 1 aromatic heterocycles. The number of anilines is 1. The van der Waals surface area contributed by atoms with E-state index in [0.717, 1.165) is 17.4 Å². The standard InChI is InChI=1S/C11H17N3O5S2/c1-12-11-9(14(16)17)5-10(20-11)21(18,19)13(2)6-7-3-8(15)4-7/h5,7-8,12,15H,3-4,6H2,1-2H3. The van der Waals surface area contributed by atoms with Gasteiger partial charge in [0.05, 0.1) is 11.0 Å². The van der Waals surface area contributed by atoms with E-state index in [1.54, 1.807) is 0 Å². The molecule has 2 N–H and O–H groups in total. The van der Waals surface area contributed by atoms with Crippen LogP contribution in [0.5, 0.6) is 0 Å². The lowest BCUT2D eigenvalue weighted by Gasteiger charge is -2.33. The minimum Gasteiger partial charge on any atom is -0.393 e. The van der Waals surface area contributed by atoms with Crippen molar-refractivity contribution >= 4 is 32.0 Å². The molecule has 1 fully saturated rings. The van der Waals surface area contributed by atoms with Crippen LogP contribution in [0.1, 0.15) is 12.8 Å². The van der Waals surface area contributed by atoms with Crippen molar-refractivity contribution in [2.75, 3.05) is 26.0 Å². The highest BCUT2D eigenvalue weighted by Gasteiger charge is 2.33. The van der Waals surface area contributed by atoms with Gasteiger partial charge in [-0.05, 0) is 18.8 Å². The van der Waals surface area contributed by atoms with Crippen molar-refractivity contribution in [3.05, 3.63) is 16.2 Å². The highest BCUT2D eigenvalue weighted by Crippen LogP contribution is 2.38. The largest absolute Gasteiger partial charge is 0.393 e. The van der Waals surface area contributed by atoms with Crippen LogP contribution in [0.25, 0.3) is 0 Å². The molecule has 2 rings (SSSR count). The molecule has 0 aliphatic heterocycles. The Labute approximate surface area is 126 Å². The van der Waals surface area contributed by atoms with Crippen LogP contribution >= 0.6 is 11.3 Å². The molecular formula is C11H17N3O5S2. The van der Waals surface area contributed by atoms with Crippen molar-refractivity contribution in [3.8, 4) is 0 Å². The summed E-state index contributed by atoms with van der Waals surface area (Å²) in [7, 11) is -0.790. The number of aliphatic hydroxyl groups is 1. The molecule has 1 saturated carbocycles. The van der Waals surface area contributed by atoms with Crippen LogP contribution < -0.4 is 5.32 Å². The third kappa shape index (κ3) is 3.18. The zero-order valence-electron chi connectivity index (χ0n) is 11.6. The molecule has 118 valence electrons. The van der Waals surface area contributed by atoms with Gasteiger partial charge in [-0.15, -0.1) is 0 Å². The van der Waals surface area contributed by atoms with E-state index in [2.05, 4.69) is 5.32 Å². The third-order valence-electron chi connectivity index (χ3n) is 3.50. The smallest absolute Gasteiger partial charge is 0.304 e. The molecule has 0 amide bonds. The number of nitro groups is 1. The summed E-state index contributed by atoms with van der Waals surface area (Å²) in [5, 5.41) is 23.0. The van der Waals surface area contributed by atoms with Crippen molar-refractivity contribution in [3.63, 3.8) is 0 Å². The van der Waals surface area contributed by atoms with Crippen LogP contribution in [-0.4, -0.2) is 49.5 Å². The Hall–Kier alpha value is -1.23. The van der Waals surface area contributed by atoms with E-state index in [1.807, 2.05) is 0 Å². The molecule has 0 radical (unpaired) electrons. The van der Waals surface area contributed by atoms with Gasteiger partial charge in [0.1, 0.15) is 4.21 Å². The van der Waals surface area contributed by atoms with E-state index in [9.17, 15) is 23.6 Å². The highest BCUT2D eigenvalue weighted by atomic mass is 32.2. The number of hydrogen-bond acceptors (Lipinski definition) is 7. The maximum atomic E-state index is 12.4. The second-order valence-corrected chi connectivity index (χ2v) is 8.39. The quantitative estimate of drug-likeness (QED) is 0.594. The van der Waals surface area contributed by atoms with E-state index in [1.165, 1.54) is 18.4 Å². The first-order valence-electron chi connectivity index (χ1n) is 6.36. The van der Waals surface area contributed by atoms with Gasteiger partial charge in [-0.1, -0.05) is 11.3 Å². The first-order chi connectivity index (χ1) is 9.75. The summed E-state index contributed by atoms with van der Waals surface area (Å²) in [6.07, 6.45) is 0.836. The fourth-order valence-electron chi connectivity index (χ4n) is 2.27. The van der Waals surface area contributed by atoms with E-state index in [-0.39, 0.29) is 26.9 Å². The summed E-state index contributed by atoms with van der Waals surface area (Å²) in [5.41, 5.74) is -0.242. The summed E-state index contributed by atoms with van der Waals surface area (Å²) in [4.78, 5) is 10.3. The Bertz CT molecular complexity index is 636. The Balaban J connectivity index is 2.20. The van der Waals surface area contributed by atoms with Gasteiger partial charge in [0.15, 0.2) is 5.00 Å². The molecule has 1 aliphatic carbocycles.